The van der Waals surface area contributed by atoms with Crippen LogP contribution in [0.15, 0.2) is 97.2 Å². The Balaban J connectivity index is 5.17. The van der Waals surface area contributed by atoms with Crippen LogP contribution in [-0.2, 0) is 27.9 Å². The molecule has 9 nitrogen and oxygen atoms in total. The summed E-state index contributed by atoms with van der Waals surface area (Å²) < 4.78 is 30.7. The van der Waals surface area contributed by atoms with Crippen LogP contribution in [0, 0.1) is 0 Å². The average Bonchev–Trinajstić information content (AvgIpc) is 3.43. The number of unbranched alkanes of at least 4 members (excludes halogenated alkanes) is 30. The number of phosphoric acid groups is 1. The first-order chi connectivity index (χ1) is 39.4. The van der Waals surface area contributed by atoms with Crippen molar-refractivity contribution in [1.82, 2.24) is 5.32 Å². The third kappa shape index (κ3) is 61.3. The summed E-state index contributed by atoms with van der Waals surface area (Å²) in [5.41, 5.74) is 0. The molecule has 81 heavy (non-hydrogen) atoms. The van der Waals surface area contributed by atoms with Gasteiger partial charge in [-0.05, 0) is 109 Å². The minimum atomic E-state index is -4.46. The molecule has 1 amide bonds. The Labute approximate surface area is 500 Å². The molecule has 0 fully saturated rings. The zero-order valence-corrected chi connectivity index (χ0v) is 54.4. The molecule has 0 saturated heterocycles. The molecule has 0 heterocycles. The number of hydrogen-bond donors (Lipinski definition) is 2. The molecule has 0 aliphatic carbocycles. The van der Waals surface area contributed by atoms with E-state index in [4.69, 9.17) is 13.8 Å². The number of rotatable bonds is 60. The standard InChI is InChI=1S/C71H127N2O7P/c1-7-10-13-16-19-22-25-27-29-31-33-35-36-38-39-41-43-45-48-51-54-57-60-63-70(74)72-68(67-79-81(76,77)78-66-65-73(4,5)6)69(62-59-56-53-50-47-24-21-18-15-12-9-3)80-71(75)64-61-58-55-52-49-46-44-42-40-37-34-32-30-28-26-23-20-17-14-11-8-2/h10,13,19,22,27-30,33,35,38-39,43,45,59,62,68-69H,7-9,11-12,14-18,20-21,23-26,31-32,34,36-37,40-42,44,46-58,60-61,63-67H2,1-6H3,(H-,72,74,76,77)/p+1/b13-10-,22-19-,29-27-,30-28+,35-33-,39-38-,45-43-,62-59+. The molecule has 0 aliphatic rings. The van der Waals surface area contributed by atoms with Crippen molar-refractivity contribution in [3.8, 4) is 0 Å². The van der Waals surface area contributed by atoms with E-state index >= 15 is 0 Å². The number of ether oxygens (including phenoxy) is 1. The molecule has 0 spiro atoms. The van der Waals surface area contributed by atoms with E-state index in [-0.39, 0.29) is 31.5 Å². The highest BCUT2D eigenvalue weighted by Gasteiger charge is 2.30. The number of allylic oxidation sites excluding steroid dienone is 15. The van der Waals surface area contributed by atoms with Gasteiger partial charge in [0.25, 0.3) is 0 Å². The van der Waals surface area contributed by atoms with Crippen molar-refractivity contribution in [3.63, 3.8) is 0 Å². The van der Waals surface area contributed by atoms with Crippen molar-refractivity contribution in [2.45, 2.75) is 303 Å². The first-order valence-electron chi connectivity index (χ1n) is 33.6. The van der Waals surface area contributed by atoms with Crippen molar-refractivity contribution in [2.24, 2.45) is 0 Å². The summed E-state index contributed by atoms with van der Waals surface area (Å²) in [4.78, 5) is 37.8. The zero-order valence-electron chi connectivity index (χ0n) is 53.5. The second-order valence-electron chi connectivity index (χ2n) is 23.6. The normalized spacial score (nSPS) is 14.2. The molecule has 0 aromatic rings. The lowest BCUT2D eigenvalue weighted by Gasteiger charge is -2.27. The number of nitrogens with zero attached hydrogens (tertiary/aromatic N) is 1. The largest absolute Gasteiger partial charge is 0.472 e. The molecule has 3 atom stereocenters. The van der Waals surface area contributed by atoms with Crippen LogP contribution in [0.4, 0.5) is 0 Å². The Hall–Kier alpha value is -3.07. The Morgan fingerprint density at radius 1 is 0.444 bits per heavy atom. The smallest absolute Gasteiger partial charge is 0.456 e. The minimum absolute atomic E-state index is 0.0309. The molecule has 0 radical (unpaired) electrons. The predicted molar refractivity (Wildman–Crippen MR) is 350 cm³/mol. The van der Waals surface area contributed by atoms with Gasteiger partial charge in [-0.25, -0.2) is 4.57 Å². The lowest BCUT2D eigenvalue weighted by molar-refractivity contribution is -0.870. The van der Waals surface area contributed by atoms with E-state index in [1.165, 1.54) is 148 Å². The Morgan fingerprint density at radius 3 is 1.20 bits per heavy atom. The van der Waals surface area contributed by atoms with E-state index in [0.717, 1.165) is 103 Å². The van der Waals surface area contributed by atoms with Crippen molar-refractivity contribution in [2.75, 3.05) is 40.9 Å². The SMILES string of the molecule is CC/C=C\C/C=C\C/C=C\C/C=C\C/C=C\C/C=C\CCCCCCC(=O)NC(COP(=O)(O)OCC[N+](C)(C)C)C(/C=C/CCCCCCCCCCC)OC(=O)CCCCCCCCCCCCC/C=C/CCCCCCCC. The highest BCUT2D eigenvalue weighted by molar-refractivity contribution is 7.47. The number of amides is 1. The maximum Gasteiger partial charge on any atom is 0.472 e. The topological polar surface area (TPSA) is 111 Å². The number of quaternary nitrogens is 1. The fraction of sp³-hybridized carbons (Fsp3) is 0.746. The third-order valence-corrected chi connectivity index (χ3v) is 15.5. The average molecular weight is 1150 g/mol. The third-order valence-electron chi connectivity index (χ3n) is 14.5. The van der Waals surface area contributed by atoms with Crippen molar-refractivity contribution in [1.29, 1.82) is 0 Å². The summed E-state index contributed by atoms with van der Waals surface area (Å²) in [6.45, 7) is 6.88. The summed E-state index contributed by atoms with van der Waals surface area (Å²) in [7, 11) is 1.47. The Kier molecular flexibility index (Phi) is 57.8. The minimum Gasteiger partial charge on any atom is -0.456 e. The molecule has 10 heteroatoms. The van der Waals surface area contributed by atoms with E-state index in [2.05, 4.69) is 111 Å². The predicted octanol–water partition coefficient (Wildman–Crippen LogP) is 21.1. The molecule has 0 rings (SSSR count). The summed E-state index contributed by atoms with van der Waals surface area (Å²) in [5.74, 6) is -0.534. The van der Waals surface area contributed by atoms with Crippen LogP contribution in [0.1, 0.15) is 290 Å². The second kappa shape index (κ2) is 60.1. The van der Waals surface area contributed by atoms with Crippen LogP contribution < -0.4 is 5.32 Å². The Bertz CT molecular complexity index is 1710. The highest BCUT2D eigenvalue weighted by Crippen LogP contribution is 2.43. The maximum absolute atomic E-state index is 13.6. The summed E-state index contributed by atoms with van der Waals surface area (Å²) in [6.07, 6.45) is 81.3. The first-order valence-corrected chi connectivity index (χ1v) is 35.1. The van der Waals surface area contributed by atoms with Crippen molar-refractivity contribution >= 4 is 19.7 Å². The molecule has 0 aliphatic heterocycles. The number of carbonyl (C=O) groups is 2. The number of nitrogens with one attached hydrogen (secondary N) is 1. The van der Waals surface area contributed by atoms with Gasteiger partial charge in [0.15, 0.2) is 0 Å². The van der Waals surface area contributed by atoms with Gasteiger partial charge in [0.05, 0.1) is 33.8 Å². The van der Waals surface area contributed by atoms with Crippen LogP contribution in [0.2, 0.25) is 0 Å². The maximum atomic E-state index is 13.6. The molecule has 2 N–H and O–H groups in total. The Morgan fingerprint density at radius 2 is 0.790 bits per heavy atom. The van der Waals surface area contributed by atoms with Gasteiger partial charge in [-0.3, -0.25) is 18.6 Å². The highest BCUT2D eigenvalue weighted by atomic mass is 31.2. The van der Waals surface area contributed by atoms with Gasteiger partial charge in [0.1, 0.15) is 19.3 Å². The van der Waals surface area contributed by atoms with Gasteiger partial charge >= 0.3 is 13.8 Å². The lowest BCUT2D eigenvalue weighted by Crippen LogP contribution is -2.47. The number of likely N-dealkylation sites (N-methyl/N-ethyl adjacent to an activating group) is 1. The molecule has 0 aromatic carbocycles. The zero-order chi connectivity index (χ0) is 59.3. The molecular weight excluding hydrogens is 1020 g/mol. The summed E-state index contributed by atoms with van der Waals surface area (Å²) in [6, 6.07) is -0.868. The van der Waals surface area contributed by atoms with Gasteiger partial charge in [-0.1, -0.05) is 266 Å². The molecule has 468 valence electrons. The monoisotopic (exact) mass is 1150 g/mol. The van der Waals surface area contributed by atoms with E-state index in [0.29, 0.717) is 23.9 Å². The van der Waals surface area contributed by atoms with Crippen molar-refractivity contribution in [3.05, 3.63) is 97.2 Å². The van der Waals surface area contributed by atoms with E-state index < -0.39 is 20.0 Å². The molecule has 0 aromatic heterocycles. The number of hydrogen-bond acceptors (Lipinski definition) is 6. The van der Waals surface area contributed by atoms with Gasteiger partial charge in [-0.15, -0.1) is 0 Å². The van der Waals surface area contributed by atoms with Gasteiger partial charge < -0.3 is 19.4 Å². The van der Waals surface area contributed by atoms with E-state index in [1.54, 1.807) is 0 Å². The lowest BCUT2D eigenvalue weighted by atomic mass is 10.0. The quantitative estimate of drug-likeness (QED) is 0.0205. The molecule has 0 saturated carbocycles. The summed E-state index contributed by atoms with van der Waals surface area (Å²) in [5, 5.41) is 3.05. The summed E-state index contributed by atoms with van der Waals surface area (Å²) >= 11 is 0. The number of carbonyl (C=O) groups excluding carboxylic acids is 2. The van der Waals surface area contributed by atoms with Crippen LogP contribution in [0.5, 0.6) is 0 Å². The van der Waals surface area contributed by atoms with Gasteiger partial charge in [-0.2, -0.15) is 0 Å². The van der Waals surface area contributed by atoms with Crippen LogP contribution in [0.25, 0.3) is 0 Å². The fourth-order valence-electron chi connectivity index (χ4n) is 9.35. The number of phosphoric ester groups is 1. The van der Waals surface area contributed by atoms with Crippen molar-refractivity contribution < 1.29 is 37.3 Å². The first kappa shape index (κ1) is 77.9. The van der Waals surface area contributed by atoms with Crippen LogP contribution >= 0.6 is 7.82 Å². The van der Waals surface area contributed by atoms with Crippen LogP contribution in [0.3, 0.4) is 0 Å². The van der Waals surface area contributed by atoms with Crippen LogP contribution in [-0.4, -0.2) is 74.3 Å². The molecular formula is C71H128N2O7P+. The van der Waals surface area contributed by atoms with E-state index in [1.807, 2.05) is 33.3 Å². The molecule has 3 unspecified atom stereocenters. The number of esters is 1. The van der Waals surface area contributed by atoms with E-state index in [9.17, 15) is 19.0 Å². The second-order valence-corrected chi connectivity index (χ2v) is 25.1. The van der Waals surface area contributed by atoms with Gasteiger partial charge in [0.2, 0.25) is 5.91 Å². The fourth-order valence-corrected chi connectivity index (χ4v) is 10.1. The molecule has 0 bridgehead atoms. The van der Waals surface area contributed by atoms with Gasteiger partial charge in [0, 0.05) is 12.8 Å².